The minimum absolute atomic E-state index is 0.0278. The number of hydrogen-bond acceptors (Lipinski definition) is 6. The van der Waals surface area contributed by atoms with Crippen molar-refractivity contribution in [3.63, 3.8) is 0 Å². The maximum atomic E-state index is 12.5. The van der Waals surface area contributed by atoms with Gasteiger partial charge in [0.2, 0.25) is 17.7 Å². The van der Waals surface area contributed by atoms with E-state index in [0.29, 0.717) is 5.69 Å². The van der Waals surface area contributed by atoms with Crippen LogP contribution >= 0.6 is 0 Å². The topological polar surface area (TPSA) is 177 Å². The largest absolute Gasteiger partial charge is 0.399 e. The van der Waals surface area contributed by atoms with E-state index >= 15 is 0 Å². The third kappa shape index (κ3) is 7.62. The van der Waals surface area contributed by atoms with Gasteiger partial charge < -0.3 is 22.1 Å². The molecular formula is C18H27N5O5. The van der Waals surface area contributed by atoms with Gasteiger partial charge in [0.05, 0.1) is 6.42 Å². The first-order valence-electron chi connectivity index (χ1n) is 8.78. The summed E-state index contributed by atoms with van der Waals surface area (Å²) in [7, 11) is 0. The third-order valence-electron chi connectivity index (χ3n) is 3.91. The highest BCUT2D eigenvalue weighted by molar-refractivity contribution is 6.02. The summed E-state index contributed by atoms with van der Waals surface area (Å²) in [6.45, 7) is 3.72. The van der Waals surface area contributed by atoms with Crippen molar-refractivity contribution in [2.75, 3.05) is 5.73 Å². The number of rotatable bonds is 10. The summed E-state index contributed by atoms with van der Waals surface area (Å²) < 4.78 is 0. The fraction of sp³-hybridized carbons (Fsp3) is 0.444. The van der Waals surface area contributed by atoms with Crippen LogP contribution in [-0.4, -0.2) is 34.9 Å². The number of hydrogen-bond donors (Lipinski definition) is 6. The van der Waals surface area contributed by atoms with E-state index in [4.69, 9.17) is 16.7 Å². The summed E-state index contributed by atoms with van der Waals surface area (Å²) in [5.41, 5.74) is 13.6. The molecule has 0 aliphatic heterocycles. The van der Waals surface area contributed by atoms with Gasteiger partial charge in [-0.2, -0.15) is 0 Å². The number of anilines is 1. The highest BCUT2D eigenvalue weighted by Crippen LogP contribution is 2.13. The molecule has 0 bridgehead atoms. The maximum Gasteiger partial charge on any atom is 0.255 e. The summed E-state index contributed by atoms with van der Waals surface area (Å²) in [5, 5.41) is 13.8. The SMILES string of the molecule is CC(C)C[C@H](C(=O)NO)C(=O)N[C@@H](CC(N)=O)C(=O)NCc1cccc(N)c1. The zero-order valence-electron chi connectivity index (χ0n) is 15.9. The summed E-state index contributed by atoms with van der Waals surface area (Å²) in [6, 6.07) is 5.59. The second kappa shape index (κ2) is 10.9. The molecule has 0 saturated carbocycles. The number of primary amides is 1. The zero-order valence-corrected chi connectivity index (χ0v) is 15.9. The molecule has 0 spiro atoms. The Bertz CT molecular complexity index is 722. The maximum absolute atomic E-state index is 12.5. The van der Waals surface area contributed by atoms with Crippen LogP contribution in [0.15, 0.2) is 24.3 Å². The standard InChI is InChI=1S/C18H27N5O5/c1-10(2)6-13(17(26)23-28)16(25)22-14(8-15(20)24)18(27)21-9-11-4-3-5-12(19)7-11/h3-5,7,10,13-14,28H,6,8-9,19H2,1-2H3,(H2,20,24)(H,21,27)(H,22,25)(H,23,26)/t13-,14-/m0/s1. The predicted octanol–water partition coefficient (Wildman–Crippen LogP) is -0.587. The Morgan fingerprint density at radius 1 is 1.11 bits per heavy atom. The van der Waals surface area contributed by atoms with Crippen LogP contribution in [0.1, 0.15) is 32.3 Å². The molecule has 0 aromatic heterocycles. The van der Waals surface area contributed by atoms with Crippen LogP contribution in [0.5, 0.6) is 0 Å². The van der Waals surface area contributed by atoms with E-state index < -0.39 is 42.0 Å². The van der Waals surface area contributed by atoms with Crippen LogP contribution in [0.25, 0.3) is 0 Å². The monoisotopic (exact) mass is 393 g/mol. The minimum Gasteiger partial charge on any atom is -0.399 e. The average Bonchev–Trinajstić information content (AvgIpc) is 2.62. The van der Waals surface area contributed by atoms with Crippen LogP contribution in [0, 0.1) is 11.8 Å². The van der Waals surface area contributed by atoms with Crippen molar-refractivity contribution in [1.82, 2.24) is 16.1 Å². The molecule has 28 heavy (non-hydrogen) atoms. The Kier molecular flexibility index (Phi) is 8.89. The number of amides is 4. The summed E-state index contributed by atoms with van der Waals surface area (Å²) >= 11 is 0. The van der Waals surface area contributed by atoms with Gasteiger partial charge in [0.1, 0.15) is 12.0 Å². The van der Waals surface area contributed by atoms with Crippen molar-refractivity contribution in [2.24, 2.45) is 17.6 Å². The Labute approximate surface area is 163 Å². The molecule has 4 amide bonds. The van der Waals surface area contributed by atoms with Crippen molar-refractivity contribution in [3.05, 3.63) is 29.8 Å². The number of carbonyl (C=O) groups excluding carboxylic acids is 4. The van der Waals surface area contributed by atoms with Crippen LogP contribution in [0.3, 0.4) is 0 Å². The lowest BCUT2D eigenvalue weighted by molar-refractivity contribution is -0.143. The Morgan fingerprint density at radius 2 is 1.79 bits per heavy atom. The van der Waals surface area contributed by atoms with E-state index in [1.807, 2.05) is 0 Å². The van der Waals surface area contributed by atoms with Gasteiger partial charge >= 0.3 is 0 Å². The fourth-order valence-electron chi connectivity index (χ4n) is 2.58. The summed E-state index contributed by atoms with van der Waals surface area (Å²) in [4.78, 5) is 48.0. The van der Waals surface area contributed by atoms with E-state index in [0.717, 1.165) is 5.56 Å². The number of nitrogens with one attached hydrogen (secondary N) is 3. The van der Waals surface area contributed by atoms with E-state index in [-0.39, 0.29) is 18.9 Å². The van der Waals surface area contributed by atoms with Crippen molar-refractivity contribution in [2.45, 2.75) is 39.3 Å². The van der Waals surface area contributed by atoms with Crippen molar-refractivity contribution >= 4 is 29.3 Å². The normalized spacial score (nSPS) is 12.7. The molecular weight excluding hydrogens is 366 g/mol. The molecule has 0 fully saturated rings. The first-order chi connectivity index (χ1) is 13.1. The van der Waals surface area contributed by atoms with Gasteiger partial charge in [-0.1, -0.05) is 26.0 Å². The second-order valence-corrected chi connectivity index (χ2v) is 6.85. The van der Waals surface area contributed by atoms with Gasteiger partial charge in [0.15, 0.2) is 0 Å². The number of nitrogen functional groups attached to an aromatic ring is 1. The lowest BCUT2D eigenvalue weighted by atomic mass is 9.95. The highest BCUT2D eigenvalue weighted by Gasteiger charge is 2.31. The quantitative estimate of drug-likeness (QED) is 0.134. The average molecular weight is 393 g/mol. The molecule has 0 aliphatic rings. The van der Waals surface area contributed by atoms with Gasteiger partial charge in [0.25, 0.3) is 5.91 Å². The molecule has 8 N–H and O–H groups in total. The number of carbonyl (C=O) groups is 4. The molecule has 10 heteroatoms. The lowest BCUT2D eigenvalue weighted by Gasteiger charge is -2.21. The Balaban J connectivity index is 2.84. The molecule has 0 aliphatic carbocycles. The highest BCUT2D eigenvalue weighted by atomic mass is 16.5. The van der Waals surface area contributed by atoms with Gasteiger partial charge in [0, 0.05) is 12.2 Å². The van der Waals surface area contributed by atoms with Gasteiger partial charge in [-0.15, -0.1) is 0 Å². The van der Waals surface area contributed by atoms with E-state index in [2.05, 4.69) is 10.6 Å². The molecule has 1 aromatic rings. The van der Waals surface area contributed by atoms with Crippen LogP contribution in [-0.2, 0) is 25.7 Å². The number of benzene rings is 1. The lowest BCUT2D eigenvalue weighted by Crippen LogP contribution is -2.52. The van der Waals surface area contributed by atoms with E-state index in [9.17, 15) is 19.2 Å². The summed E-state index contributed by atoms with van der Waals surface area (Å²) in [6.07, 6.45) is -0.296. The molecule has 10 nitrogen and oxygen atoms in total. The first-order valence-corrected chi connectivity index (χ1v) is 8.78. The van der Waals surface area contributed by atoms with E-state index in [1.165, 1.54) is 5.48 Å². The fourth-order valence-corrected chi connectivity index (χ4v) is 2.58. The second-order valence-electron chi connectivity index (χ2n) is 6.85. The van der Waals surface area contributed by atoms with Crippen molar-refractivity contribution in [1.29, 1.82) is 0 Å². The first kappa shape index (κ1) is 22.9. The Hall–Kier alpha value is -3.14. The number of nitrogens with two attached hydrogens (primary N) is 2. The zero-order chi connectivity index (χ0) is 21.3. The van der Waals surface area contributed by atoms with Gasteiger partial charge in [-0.3, -0.25) is 24.4 Å². The molecule has 0 heterocycles. The van der Waals surface area contributed by atoms with Gasteiger partial charge in [-0.25, -0.2) is 5.48 Å². The molecule has 0 radical (unpaired) electrons. The molecule has 2 atom stereocenters. The third-order valence-corrected chi connectivity index (χ3v) is 3.91. The predicted molar refractivity (Wildman–Crippen MR) is 101 cm³/mol. The molecule has 0 unspecified atom stereocenters. The Morgan fingerprint density at radius 3 is 2.32 bits per heavy atom. The smallest absolute Gasteiger partial charge is 0.255 e. The number of hydroxylamine groups is 1. The minimum atomic E-state index is -1.26. The molecule has 154 valence electrons. The van der Waals surface area contributed by atoms with Crippen LogP contribution < -0.4 is 27.6 Å². The van der Waals surface area contributed by atoms with E-state index in [1.54, 1.807) is 38.1 Å². The van der Waals surface area contributed by atoms with Crippen molar-refractivity contribution in [3.8, 4) is 0 Å². The van der Waals surface area contributed by atoms with Crippen molar-refractivity contribution < 1.29 is 24.4 Å². The molecule has 0 saturated heterocycles. The molecule has 1 aromatic carbocycles. The van der Waals surface area contributed by atoms with Crippen LogP contribution in [0.4, 0.5) is 5.69 Å². The summed E-state index contributed by atoms with van der Waals surface area (Å²) in [5.74, 6) is -4.37. The van der Waals surface area contributed by atoms with Gasteiger partial charge in [-0.05, 0) is 30.0 Å². The molecule has 1 rings (SSSR count). The van der Waals surface area contributed by atoms with Crippen LogP contribution in [0.2, 0.25) is 0 Å².